The van der Waals surface area contributed by atoms with Gasteiger partial charge in [-0.1, -0.05) is 36.4 Å². The number of hydrogen-bond donors (Lipinski definition) is 2. The van der Waals surface area contributed by atoms with E-state index < -0.39 is 0 Å². The first-order valence-corrected chi connectivity index (χ1v) is 6.42. The van der Waals surface area contributed by atoms with Crippen LogP contribution in [0.25, 0.3) is 0 Å². The number of ether oxygens (including phenoxy) is 1. The molecule has 0 radical (unpaired) electrons. The maximum Gasteiger partial charge on any atom is 0.244 e. The van der Waals surface area contributed by atoms with Gasteiger partial charge in [0.05, 0.1) is 19.7 Å². The zero-order valence-electron chi connectivity index (χ0n) is 11.6. The van der Waals surface area contributed by atoms with Gasteiger partial charge in [-0.05, 0) is 17.7 Å². The molecule has 0 aliphatic rings. The van der Waals surface area contributed by atoms with Gasteiger partial charge in [-0.3, -0.25) is 4.79 Å². The molecule has 0 spiro atoms. The molecule has 2 rings (SSSR count). The number of carbonyl (C=O) groups excluding carboxylic acids is 1. The molecule has 5 nitrogen and oxygen atoms in total. The van der Waals surface area contributed by atoms with Crippen LogP contribution in [-0.2, 0) is 11.2 Å². The lowest BCUT2D eigenvalue weighted by Gasteiger charge is -2.05. The topological polar surface area (TPSA) is 70.9 Å². The van der Waals surface area contributed by atoms with Crippen molar-refractivity contribution in [1.82, 2.24) is 5.43 Å². The molecule has 2 aromatic carbocycles. The molecule has 21 heavy (non-hydrogen) atoms. The molecule has 2 N–H and O–H groups in total. The molecule has 0 saturated heterocycles. The summed E-state index contributed by atoms with van der Waals surface area (Å²) in [6, 6.07) is 14.4. The van der Waals surface area contributed by atoms with E-state index in [1.54, 1.807) is 18.2 Å². The lowest BCUT2D eigenvalue weighted by atomic mass is 10.1. The number of phenolic OH excluding ortho intramolecular Hbond substituents is 1. The molecule has 0 heterocycles. The van der Waals surface area contributed by atoms with Crippen molar-refractivity contribution in [1.29, 1.82) is 0 Å². The summed E-state index contributed by atoms with van der Waals surface area (Å²) in [6.45, 7) is 0. The van der Waals surface area contributed by atoms with E-state index in [0.29, 0.717) is 11.3 Å². The summed E-state index contributed by atoms with van der Waals surface area (Å²) in [5.74, 6) is 0.121. The lowest BCUT2D eigenvalue weighted by Crippen LogP contribution is -2.19. The molecule has 0 unspecified atom stereocenters. The summed E-state index contributed by atoms with van der Waals surface area (Å²) >= 11 is 0. The molecule has 0 aliphatic carbocycles. The second-order valence-corrected chi connectivity index (χ2v) is 4.35. The van der Waals surface area contributed by atoms with Crippen LogP contribution >= 0.6 is 0 Å². The average Bonchev–Trinajstić information content (AvgIpc) is 2.50. The van der Waals surface area contributed by atoms with E-state index in [1.165, 1.54) is 13.3 Å². The third-order valence-corrected chi connectivity index (χ3v) is 2.85. The monoisotopic (exact) mass is 284 g/mol. The Bertz CT molecular complexity index is 639. The summed E-state index contributed by atoms with van der Waals surface area (Å²) < 4.78 is 4.99. The van der Waals surface area contributed by atoms with Crippen LogP contribution in [0.2, 0.25) is 0 Å². The maximum atomic E-state index is 11.7. The number of rotatable bonds is 5. The normalized spacial score (nSPS) is 10.5. The van der Waals surface area contributed by atoms with E-state index in [2.05, 4.69) is 10.5 Å². The second-order valence-electron chi connectivity index (χ2n) is 4.35. The number of carbonyl (C=O) groups is 1. The van der Waals surface area contributed by atoms with Crippen molar-refractivity contribution < 1.29 is 14.6 Å². The number of methoxy groups -OCH3 is 1. The third-order valence-electron chi connectivity index (χ3n) is 2.85. The van der Waals surface area contributed by atoms with Crippen LogP contribution in [0.5, 0.6) is 11.5 Å². The van der Waals surface area contributed by atoms with Crippen molar-refractivity contribution >= 4 is 12.1 Å². The third kappa shape index (κ3) is 4.07. The molecular formula is C16H16N2O3. The van der Waals surface area contributed by atoms with Crippen molar-refractivity contribution in [3.8, 4) is 11.5 Å². The Hall–Kier alpha value is -2.82. The molecule has 0 aliphatic heterocycles. The molecular weight excluding hydrogens is 268 g/mol. The van der Waals surface area contributed by atoms with Crippen molar-refractivity contribution in [2.24, 2.45) is 5.10 Å². The highest BCUT2D eigenvalue weighted by Gasteiger charge is 2.05. The van der Waals surface area contributed by atoms with Gasteiger partial charge < -0.3 is 9.84 Å². The van der Waals surface area contributed by atoms with E-state index in [-0.39, 0.29) is 18.1 Å². The van der Waals surface area contributed by atoms with Crippen LogP contribution in [-0.4, -0.2) is 24.3 Å². The maximum absolute atomic E-state index is 11.7. The molecule has 2 aromatic rings. The van der Waals surface area contributed by atoms with Crippen molar-refractivity contribution in [2.75, 3.05) is 7.11 Å². The smallest absolute Gasteiger partial charge is 0.244 e. The summed E-state index contributed by atoms with van der Waals surface area (Å²) in [7, 11) is 1.47. The fourth-order valence-corrected chi connectivity index (χ4v) is 1.80. The molecule has 1 amide bonds. The van der Waals surface area contributed by atoms with Crippen LogP contribution in [0.4, 0.5) is 0 Å². The standard InChI is InChI=1S/C16H16N2O3/c1-21-14-9-5-8-13(16(14)20)11-17-18-15(19)10-12-6-3-2-4-7-12/h2-9,11,20H,10H2,1H3,(H,18,19)/b17-11-. The number of benzene rings is 2. The van der Waals surface area contributed by atoms with Crippen LogP contribution in [0.3, 0.4) is 0 Å². The van der Waals surface area contributed by atoms with Gasteiger partial charge >= 0.3 is 0 Å². The molecule has 5 heteroatoms. The van der Waals surface area contributed by atoms with Crippen LogP contribution < -0.4 is 10.2 Å². The van der Waals surface area contributed by atoms with Crippen LogP contribution in [0, 0.1) is 0 Å². The minimum absolute atomic E-state index is 0.0129. The van der Waals surface area contributed by atoms with E-state index in [1.807, 2.05) is 30.3 Å². The molecule has 0 fully saturated rings. The summed E-state index contributed by atoms with van der Waals surface area (Å²) in [5.41, 5.74) is 3.80. The van der Waals surface area contributed by atoms with Crippen molar-refractivity contribution in [2.45, 2.75) is 6.42 Å². The van der Waals surface area contributed by atoms with Gasteiger partial charge in [-0.15, -0.1) is 0 Å². The van der Waals surface area contributed by atoms with E-state index in [9.17, 15) is 9.90 Å². The first kappa shape index (κ1) is 14.6. The molecule has 0 aromatic heterocycles. The number of hydrazone groups is 1. The molecule has 0 atom stereocenters. The Morgan fingerprint density at radius 3 is 2.71 bits per heavy atom. The van der Waals surface area contributed by atoms with Crippen molar-refractivity contribution in [3.05, 3.63) is 59.7 Å². The van der Waals surface area contributed by atoms with E-state index in [4.69, 9.17) is 4.74 Å². The van der Waals surface area contributed by atoms with Gasteiger partial charge in [-0.2, -0.15) is 5.10 Å². The number of nitrogens with one attached hydrogen (secondary N) is 1. The number of aromatic hydroxyl groups is 1. The minimum atomic E-state index is -0.222. The highest BCUT2D eigenvalue weighted by molar-refractivity contribution is 5.86. The van der Waals surface area contributed by atoms with Gasteiger partial charge in [0.2, 0.25) is 5.91 Å². The highest BCUT2D eigenvalue weighted by Crippen LogP contribution is 2.27. The quantitative estimate of drug-likeness (QED) is 0.652. The molecule has 0 bridgehead atoms. The predicted octanol–water partition coefficient (Wildman–Crippen LogP) is 2.09. The first-order chi connectivity index (χ1) is 10.2. The van der Waals surface area contributed by atoms with E-state index >= 15 is 0 Å². The minimum Gasteiger partial charge on any atom is -0.504 e. The number of hydrogen-bond acceptors (Lipinski definition) is 4. The fraction of sp³-hybridized carbons (Fsp3) is 0.125. The Morgan fingerprint density at radius 1 is 1.24 bits per heavy atom. The number of amides is 1. The summed E-state index contributed by atoms with van der Waals surface area (Å²) in [5, 5.41) is 13.7. The predicted molar refractivity (Wildman–Crippen MR) is 80.5 cm³/mol. The van der Waals surface area contributed by atoms with Gasteiger partial charge in [0.1, 0.15) is 0 Å². The Kier molecular flexibility index (Phi) is 4.93. The zero-order chi connectivity index (χ0) is 15.1. The van der Waals surface area contributed by atoms with E-state index in [0.717, 1.165) is 5.56 Å². The van der Waals surface area contributed by atoms with Crippen LogP contribution in [0.1, 0.15) is 11.1 Å². The molecule has 108 valence electrons. The van der Waals surface area contributed by atoms with Gasteiger partial charge in [0.15, 0.2) is 11.5 Å². The van der Waals surface area contributed by atoms with Gasteiger partial charge in [-0.25, -0.2) is 5.43 Å². The Labute approximate surface area is 122 Å². The Balaban J connectivity index is 1.95. The molecule has 0 saturated carbocycles. The SMILES string of the molecule is COc1cccc(/C=N\NC(=O)Cc2ccccc2)c1O. The largest absolute Gasteiger partial charge is 0.504 e. The number of nitrogens with zero attached hydrogens (tertiary/aromatic N) is 1. The summed E-state index contributed by atoms with van der Waals surface area (Å²) in [6.07, 6.45) is 1.63. The summed E-state index contributed by atoms with van der Waals surface area (Å²) in [4.78, 5) is 11.7. The number of phenols is 1. The number of para-hydroxylation sites is 1. The zero-order valence-corrected chi connectivity index (χ0v) is 11.6. The van der Waals surface area contributed by atoms with Gasteiger partial charge in [0, 0.05) is 5.56 Å². The second kappa shape index (κ2) is 7.09. The fourth-order valence-electron chi connectivity index (χ4n) is 1.80. The van der Waals surface area contributed by atoms with Gasteiger partial charge in [0.25, 0.3) is 0 Å². The van der Waals surface area contributed by atoms with Crippen molar-refractivity contribution in [3.63, 3.8) is 0 Å². The lowest BCUT2D eigenvalue weighted by molar-refractivity contribution is -0.120. The highest BCUT2D eigenvalue weighted by atomic mass is 16.5. The average molecular weight is 284 g/mol. The Morgan fingerprint density at radius 2 is 2.00 bits per heavy atom. The van der Waals surface area contributed by atoms with Crippen LogP contribution in [0.15, 0.2) is 53.6 Å². The first-order valence-electron chi connectivity index (χ1n) is 6.42.